The lowest BCUT2D eigenvalue weighted by Gasteiger charge is -2.18. The molecule has 0 rings (SSSR count). The van der Waals surface area contributed by atoms with E-state index >= 15 is 0 Å². The SMILES string of the molecule is CC/C=C\C/C=C\C/C=C\C/C=C\C/C=C\C/C=C\C/C=C\C/C=C\C/C=C\CCCC(=O)OCC(COC(=O)CCCCCCCC)OC(=O)CC/C=C\C/C=C\C/C=C\C/C=C\CC. The van der Waals surface area contributed by atoms with Crippen molar-refractivity contribution in [1.29, 1.82) is 0 Å². The Labute approximate surface area is 403 Å². The normalized spacial score (nSPS) is 13.4. The maximum atomic E-state index is 12.7. The second kappa shape index (κ2) is 52.7. The lowest BCUT2D eigenvalue weighted by atomic mass is 10.1. The number of carbonyl (C=O) groups excluding carboxylic acids is 3. The van der Waals surface area contributed by atoms with Gasteiger partial charge in [0.25, 0.3) is 0 Å². The molecule has 366 valence electrons. The predicted molar refractivity (Wildman–Crippen MR) is 283 cm³/mol. The first-order valence-corrected chi connectivity index (χ1v) is 25.5. The van der Waals surface area contributed by atoms with E-state index in [2.05, 4.69) is 167 Å². The molecule has 0 amide bonds. The van der Waals surface area contributed by atoms with Crippen LogP contribution in [0.5, 0.6) is 0 Å². The molecule has 0 saturated carbocycles. The van der Waals surface area contributed by atoms with Crippen LogP contribution in [-0.2, 0) is 28.6 Å². The first kappa shape index (κ1) is 61.0. The van der Waals surface area contributed by atoms with E-state index in [9.17, 15) is 14.4 Å². The first-order valence-electron chi connectivity index (χ1n) is 25.5. The van der Waals surface area contributed by atoms with E-state index in [1.54, 1.807) is 0 Å². The van der Waals surface area contributed by atoms with Crippen LogP contribution in [0.4, 0.5) is 0 Å². The highest BCUT2D eigenvalue weighted by atomic mass is 16.6. The Hall–Kier alpha value is -4.97. The summed E-state index contributed by atoms with van der Waals surface area (Å²) in [5, 5.41) is 0. The number of unbranched alkanes of at least 4 members (excludes halogenated alkanes) is 6. The van der Waals surface area contributed by atoms with Gasteiger partial charge in [0.1, 0.15) is 13.2 Å². The molecule has 0 aliphatic heterocycles. The van der Waals surface area contributed by atoms with E-state index in [0.717, 1.165) is 109 Å². The largest absolute Gasteiger partial charge is 0.462 e. The van der Waals surface area contributed by atoms with Gasteiger partial charge in [-0.05, 0) is 109 Å². The molecule has 0 N–H and O–H groups in total. The number of rotatable bonds is 43. The van der Waals surface area contributed by atoms with Gasteiger partial charge in [-0.3, -0.25) is 14.4 Å². The molecule has 0 radical (unpaired) electrons. The van der Waals surface area contributed by atoms with Crippen LogP contribution in [0.1, 0.15) is 181 Å². The van der Waals surface area contributed by atoms with Crippen LogP contribution in [0, 0.1) is 0 Å². The molecule has 6 heteroatoms. The molecule has 1 atom stereocenters. The quantitative estimate of drug-likeness (QED) is 0.0262. The topological polar surface area (TPSA) is 78.9 Å². The third kappa shape index (κ3) is 50.0. The smallest absolute Gasteiger partial charge is 0.306 e. The third-order valence-corrected chi connectivity index (χ3v) is 9.79. The van der Waals surface area contributed by atoms with Gasteiger partial charge in [-0.2, -0.15) is 0 Å². The van der Waals surface area contributed by atoms with Gasteiger partial charge < -0.3 is 14.2 Å². The van der Waals surface area contributed by atoms with E-state index in [4.69, 9.17) is 14.2 Å². The molecule has 6 nitrogen and oxygen atoms in total. The van der Waals surface area contributed by atoms with Crippen LogP contribution < -0.4 is 0 Å². The molecule has 0 aromatic rings. The van der Waals surface area contributed by atoms with Crippen LogP contribution in [-0.4, -0.2) is 37.2 Å². The van der Waals surface area contributed by atoms with Gasteiger partial charge in [0.15, 0.2) is 6.10 Å². The highest BCUT2D eigenvalue weighted by molar-refractivity contribution is 5.71. The Kier molecular flexibility index (Phi) is 48.7. The highest BCUT2D eigenvalue weighted by Crippen LogP contribution is 2.10. The number of ether oxygens (including phenoxy) is 3. The second-order valence-corrected chi connectivity index (χ2v) is 16.0. The number of carbonyl (C=O) groups is 3. The Bertz CT molecular complexity index is 1560. The van der Waals surface area contributed by atoms with Gasteiger partial charge in [-0.15, -0.1) is 0 Å². The zero-order valence-corrected chi connectivity index (χ0v) is 41.6. The number of hydrogen-bond donors (Lipinski definition) is 0. The van der Waals surface area contributed by atoms with Crippen molar-refractivity contribution in [2.45, 2.75) is 187 Å². The Morgan fingerprint density at radius 2 is 0.621 bits per heavy atom. The van der Waals surface area contributed by atoms with Gasteiger partial charge in [0.05, 0.1) is 0 Å². The second-order valence-electron chi connectivity index (χ2n) is 16.0. The van der Waals surface area contributed by atoms with E-state index in [1.165, 1.54) is 19.3 Å². The van der Waals surface area contributed by atoms with Crippen LogP contribution in [0.2, 0.25) is 0 Å². The van der Waals surface area contributed by atoms with Crippen molar-refractivity contribution in [3.8, 4) is 0 Å². The lowest BCUT2D eigenvalue weighted by molar-refractivity contribution is -0.166. The van der Waals surface area contributed by atoms with Gasteiger partial charge in [-0.1, -0.05) is 211 Å². The van der Waals surface area contributed by atoms with E-state index in [0.29, 0.717) is 19.3 Å². The third-order valence-electron chi connectivity index (χ3n) is 9.79. The monoisotopic (exact) mass is 907 g/mol. The summed E-state index contributed by atoms with van der Waals surface area (Å²) in [5.41, 5.74) is 0. The van der Waals surface area contributed by atoms with E-state index < -0.39 is 12.1 Å². The minimum atomic E-state index is -0.842. The van der Waals surface area contributed by atoms with Crippen molar-refractivity contribution in [2.24, 2.45) is 0 Å². The molecule has 0 fully saturated rings. The fourth-order valence-corrected chi connectivity index (χ4v) is 6.04. The summed E-state index contributed by atoms with van der Waals surface area (Å²) < 4.78 is 16.5. The summed E-state index contributed by atoms with van der Waals surface area (Å²) in [4.78, 5) is 37.6. The predicted octanol–water partition coefficient (Wildman–Crippen LogP) is 17.0. The molecule has 0 bridgehead atoms. The highest BCUT2D eigenvalue weighted by Gasteiger charge is 2.19. The molecule has 0 heterocycles. The molecule has 0 aliphatic carbocycles. The molecular weight excluding hydrogens is 817 g/mol. The summed E-state index contributed by atoms with van der Waals surface area (Å²) in [5.74, 6) is -1.10. The zero-order chi connectivity index (χ0) is 47.9. The maximum absolute atomic E-state index is 12.7. The van der Waals surface area contributed by atoms with Crippen molar-refractivity contribution in [3.05, 3.63) is 158 Å². The average molecular weight is 907 g/mol. The summed E-state index contributed by atoms with van der Waals surface area (Å²) >= 11 is 0. The van der Waals surface area contributed by atoms with Gasteiger partial charge in [0, 0.05) is 19.3 Å². The van der Waals surface area contributed by atoms with Gasteiger partial charge in [0.2, 0.25) is 0 Å². The van der Waals surface area contributed by atoms with Crippen molar-refractivity contribution in [1.82, 2.24) is 0 Å². The van der Waals surface area contributed by atoms with E-state index in [-0.39, 0.29) is 38.0 Å². The molecule has 0 spiro atoms. The molecule has 0 aliphatic rings. The number of hydrogen-bond acceptors (Lipinski definition) is 6. The first-order chi connectivity index (χ1) is 32.5. The van der Waals surface area contributed by atoms with E-state index in [1.807, 2.05) is 12.2 Å². The molecule has 0 aromatic carbocycles. The summed E-state index contributed by atoms with van der Waals surface area (Å²) in [6, 6.07) is 0. The zero-order valence-electron chi connectivity index (χ0n) is 41.6. The number of allylic oxidation sites excluding steroid dienone is 26. The minimum absolute atomic E-state index is 0.132. The van der Waals surface area contributed by atoms with Crippen molar-refractivity contribution < 1.29 is 28.6 Å². The molecule has 0 aromatic heterocycles. The summed E-state index contributed by atoms with van der Waals surface area (Å²) in [6.07, 6.45) is 77.1. The van der Waals surface area contributed by atoms with Crippen molar-refractivity contribution in [2.75, 3.05) is 13.2 Å². The average Bonchev–Trinajstić information content (AvgIpc) is 3.31. The van der Waals surface area contributed by atoms with Crippen molar-refractivity contribution >= 4 is 17.9 Å². The number of esters is 3. The molecule has 66 heavy (non-hydrogen) atoms. The fourth-order valence-electron chi connectivity index (χ4n) is 6.04. The molecule has 1 unspecified atom stereocenters. The van der Waals surface area contributed by atoms with Gasteiger partial charge >= 0.3 is 17.9 Å². The van der Waals surface area contributed by atoms with Crippen LogP contribution in [0.25, 0.3) is 0 Å². The summed E-state index contributed by atoms with van der Waals surface area (Å²) in [7, 11) is 0. The Balaban J connectivity index is 4.36. The van der Waals surface area contributed by atoms with Gasteiger partial charge in [-0.25, -0.2) is 0 Å². The Morgan fingerprint density at radius 1 is 0.318 bits per heavy atom. The summed E-state index contributed by atoms with van der Waals surface area (Å²) in [6.45, 7) is 6.19. The lowest BCUT2D eigenvalue weighted by Crippen LogP contribution is -2.30. The standard InChI is InChI=1S/C60H90O6/c1-4-7-10-13-16-18-20-22-23-24-25-26-27-28-29-30-31-32-33-34-35-36-37-39-40-42-44-47-50-53-59(62)65-56-57(55-64-58(61)52-49-46-15-12-9-6-3)66-60(63)54-51-48-45-43-41-38-21-19-17-14-11-8-5-2/h7-8,10-11,16-19,22-23,25-26,28-29,31-32,34-35,37-39,41-42,44-45,48,57H,4-6,9,12-15,20-21,24,27,30,33,36,40,43,46-47,49-56H2,1-3H3/b10-7-,11-8-,18-16-,19-17-,23-22-,26-25-,29-28-,32-31-,35-34-,39-37-,41-38-,44-42-,48-45-. The minimum Gasteiger partial charge on any atom is -0.462 e. The van der Waals surface area contributed by atoms with Crippen molar-refractivity contribution in [3.63, 3.8) is 0 Å². The Morgan fingerprint density at radius 3 is 0.985 bits per heavy atom. The van der Waals surface area contributed by atoms with Crippen LogP contribution >= 0.6 is 0 Å². The molecular formula is C60H90O6. The molecule has 0 saturated heterocycles. The fraction of sp³-hybridized carbons (Fsp3) is 0.517. The van der Waals surface area contributed by atoms with Crippen LogP contribution in [0.3, 0.4) is 0 Å². The maximum Gasteiger partial charge on any atom is 0.306 e. The van der Waals surface area contributed by atoms with Crippen LogP contribution in [0.15, 0.2) is 158 Å².